The first kappa shape index (κ1) is 13.3. The standard InChI is InChI=1S/C15H13NO2S/c1-12(17)16(18)11-14-6-4-13(5-7-14)8-9-15-3-2-10-19-15/h2-7,10,18H,11H2,1H3. The molecule has 0 atom stereocenters. The first-order valence-electron chi connectivity index (χ1n) is 5.76. The summed E-state index contributed by atoms with van der Waals surface area (Å²) in [5, 5.41) is 12.0. The van der Waals surface area contributed by atoms with Crippen LogP contribution in [-0.2, 0) is 11.3 Å². The molecule has 0 aliphatic heterocycles. The smallest absolute Gasteiger partial charge is 0.243 e. The molecule has 2 rings (SSSR count). The fraction of sp³-hybridized carbons (Fsp3) is 0.133. The van der Waals surface area contributed by atoms with Crippen LogP contribution in [0, 0.1) is 11.8 Å². The predicted molar refractivity (Wildman–Crippen MR) is 74.8 cm³/mol. The lowest BCUT2D eigenvalue weighted by Crippen LogP contribution is -2.23. The molecule has 0 radical (unpaired) electrons. The Balaban J connectivity index is 2.04. The number of benzene rings is 1. The van der Waals surface area contributed by atoms with Crippen LogP contribution in [0.25, 0.3) is 0 Å². The maximum atomic E-state index is 10.9. The van der Waals surface area contributed by atoms with Crippen LogP contribution >= 0.6 is 11.3 Å². The van der Waals surface area contributed by atoms with E-state index in [9.17, 15) is 10.0 Å². The molecule has 96 valence electrons. The number of rotatable bonds is 2. The molecule has 0 saturated carbocycles. The highest BCUT2D eigenvalue weighted by molar-refractivity contribution is 7.10. The number of hydroxylamine groups is 2. The lowest BCUT2D eigenvalue weighted by molar-refractivity contribution is -0.165. The number of nitrogens with zero attached hydrogens (tertiary/aromatic N) is 1. The molecule has 1 amide bonds. The molecular weight excluding hydrogens is 258 g/mol. The van der Waals surface area contributed by atoms with Gasteiger partial charge in [-0.15, -0.1) is 11.3 Å². The van der Waals surface area contributed by atoms with Gasteiger partial charge in [-0.25, -0.2) is 5.06 Å². The Hall–Kier alpha value is -2.09. The molecule has 0 aliphatic rings. The van der Waals surface area contributed by atoms with Crippen molar-refractivity contribution in [2.24, 2.45) is 0 Å². The summed E-state index contributed by atoms with van der Waals surface area (Å²) in [5.41, 5.74) is 1.77. The minimum atomic E-state index is -0.374. The van der Waals surface area contributed by atoms with Gasteiger partial charge in [0.05, 0.1) is 11.4 Å². The van der Waals surface area contributed by atoms with E-state index in [2.05, 4.69) is 11.8 Å². The Morgan fingerprint density at radius 1 is 1.26 bits per heavy atom. The van der Waals surface area contributed by atoms with E-state index in [-0.39, 0.29) is 12.5 Å². The maximum absolute atomic E-state index is 10.9. The van der Waals surface area contributed by atoms with Crippen molar-refractivity contribution in [3.63, 3.8) is 0 Å². The molecule has 0 aliphatic carbocycles. The van der Waals surface area contributed by atoms with Gasteiger partial charge in [0, 0.05) is 12.5 Å². The van der Waals surface area contributed by atoms with E-state index >= 15 is 0 Å². The molecule has 1 heterocycles. The van der Waals surface area contributed by atoms with Gasteiger partial charge in [-0.3, -0.25) is 10.0 Å². The van der Waals surface area contributed by atoms with Gasteiger partial charge >= 0.3 is 0 Å². The highest BCUT2D eigenvalue weighted by atomic mass is 32.1. The fourth-order valence-corrected chi connectivity index (χ4v) is 2.03. The van der Waals surface area contributed by atoms with Crippen molar-refractivity contribution in [2.45, 2.75) is 13.5 Å². The lowest BCUT2D eigenvalue weighted by atomic mass is 10.1. The number of thiophene rings is 1. The summed E-state index contributed by atoms with van der Waals surface area (Å²) in [6.45, 7) is 1.51. The van der Waals surface area contributed by atoms with Gasteiger partial charge in [0.2, 0.25) is 5.91 Å². The van der Waals surface area contributed by atoms with Crippen LogP contribution in [0.2, 0.25) is 0 Å². The Kier molecular flexibility index (Phi) is 4.35. The van der Waals surface area contributed by atoms with Crippen LogP contribution in [0.15, 0.2) is 41.8 Å². The van der Waals surface area contributed by atoms with Gasteiger partial charge in [0.15, 0.2) is 0 Å². The Bertz CT molecular complexity index is 606. The Morgan fingerprint density at radius 3 is 2.58 bits per heavy atom. The molecule has 0 fully saturated rings. The molecule has 4 heteroatoms. The molecule has 0 saturated heterocycles. The summed E-state index contributed by atoms with van der Waals surface area (Å²) < 4.78 is 0. The van der Waals surface area contributed by atoms with Crippen LogP contribution in [0.5, 0.6) is 0 Å². The van der Waals surface area contributed by atoms with E-state index in [1.807, 2.05) is 41.8 Å². The van der Waals surface area contributed by atoms with Crippen LogP contribution < -0.4 is 0 Å². The number of hydrogen-bond acceptors (Lipinski definition) is 3. The summed E-state index contributed by atoms with van der Waals surface area (Å²) in [5.74, 6) is 5.77. The molecule has 0 bridgehead atoms. The molecule has 1 aromatic heterocycles. The molecule has 2 aromatic rings. The van der Waals surface area contributed by atoms with Gasteiger partial charge in [-0.1, -0.05) is 30.0 Å². The van der Waals surface area contributed by atoms with Gasteiger partial charge in [-0.05, 0) is 29.1 Å². The van der Waals surface area contributed by atoms with Crippen LogP contribution in [0.1, 0.15) is 22.9 Å². The van der Waals surface area contributed by atoms with E-state index < -0.39 is 0 Å². The third-order valence-corrected chi connectivity index (χ3v) is 3.29. The largest absolute Gasteiger partial charge is 0.286 e. The van der Waals surface area contributed by atoms with Gasteiger partial charge in [0.25, 0.3) is 0 Å². The van der Waals surface area contributed by atoms with Crippen LogP contribution in [-0.4, -0.2) is 16.2 Å². The first-order chi connectivity index (χ1) is 9.15. The molecule has 0 spiro atoms. The molecule has 19 heavy (non-hydrogen) atoms. The summed E-state index contributed by atoms with van der Waals surface area (Å²) in [7, 11) is 0. The van der Waals surface area contributed by atoms with E-state index in [1.165, 1.54) is 6.92 Å². The zero-order valence-corrected chi connectivity index (χ0v) is 11.3. The topological polar surface area (TPSA) is 40.5 Å². The Morgan fingerprint density at radius 2 is 2.00 bits per heavy atom. The van der Waals surface area contributed by atoms with Crippen LogP contribution in [0.3, 0.4) is 0 Å². The summed E-state index contributed by atoms with van der Waals surface area (Å²) in [4.78, 5) is 11.9. The number of carbonyl (C=O) groups is 1. The van der Waals surface area contributed by atoms with Gasteiger partial charge in [0.1, 0.15) is 0 Å². The molecule has 1 aromatic carbocycles. The maximum Gasteiger partial charge on any atom is 0.243 e. The highest BCUT2D eigenvalue weighted by Gasteiger charge is 2.04. The van der Waals surface area contributed by atoms with Crippen molar-refractivity contribution < 1.29 is 10.0 Å². The van der Waals surface area contributed by atoms with E-state index in [4.69, 9.17) is 0 Å². The van der Waals surface area contributed by atoms with E-state index in [0.717, 1.165) is 16.0 Å². The van der Waals surface area contributed by atoms with Crippen molar-refractivity contribution in [3.8, 4) is 11.8 Å². The second-order valence-corrected chi connectivity index (χ2v) is 4.95. The fourth-order valence-electron chi connectivity index (χ4n) is 1.46. The SMILES string of the molecule is CC(=O)N(O)Cc1ccc(C#Cc2cccs2)cc1. The molecular formula is C15H13NO2S. The first-order valence-corrected chi connectivity index (χ1v) is 6.64. The summed E-state index contributed by atoms with van der Waals surface area (Å²) in [6, 6.07) is 11.4. The quantitative estimate of drug-likeness (QED) is 0.518. The monoisotopic (exact) mass is 271 g/mol. The second-order valence-electron chi connectivity index (χ2n) is 4.00. The minimum Gasteiger partial charge on any atom is -0.286 e. The van der Waals surface area contributed by atoms with Gasteiger partial charge < -0.3 is 0 Å². The molecule has 1 N–H and O–H groups in total. The van der Waals surface area contributed by atoms with Crippen LogP contribution in [0.4, 0.5) is 0 Å². The van der Waals surface area contributed by atoms with Gasteiger partial charge in [-0.2, -0.15) is 0 Å². The zero-order chi connectivity index (χ0) is 13.7. The van der Waals surface area contributed by atoms with E-state index in [1.54, 1.807) is 11.3 Å². The van der Waals surface area contributed by atoms with Crippen molar-refractivity contribution in [1.82, 2.24) is 5.06 Å². The summed E-state index contributed by atoms with van der Waals surface area (Å²) >= 11 is 1.61. The number of amides is 1. The zero-order valence-electron chi connectivity index (χ0n) is 10.5. The minimum absolute atomic E-state index is 0.188. The van der Waals surface area contributed by atoms with Crippen molar-refractivity contribution in [1.29, 1.82) is 0 Å². The number of carbonyl (C=O) groups excluding carboxylic acids is 1. The third kappa shape index (κ3) is 3.95. The normalized spacial score (nSPS) is 9.58. The lowest BCUT2D eigenvalue weighted by Gasteiger charge is -2.12. The molecule has 0 unspecified atom stereocenters. The number of hydrogen-bond donors (Lipinski definition) is 1. The van der Waals surface area contributed by atoms with Crippen molar-refractivity contribution >= 4 is 17.2 Å². The molecule has 3 nitrogen and oxygen atoms in total. The Labute approximate surface area is 116 Å². The average Bonchev–Trinajstić information content (AvgIpc) is 2.91. The predicted octanol–water partition coefficient (Wildman–Crippen LogP) is 2.89. The summed E-state index contributed by atoms with van der Waals surface area (Å²) in [6.07, 6.45) is 0. The van der Waals surface area contributed by atoms with E-state index in [0.29, 0.717) is 5.06 Å². The highest BCUT2D eigenvalue weighted by Crippen LogP contribution is 2.08. The average molecular weight is 271 g/mol. The second kappa shape index (κ2) is 6.19. The van der Waals surface area contributed by atoms with Crippen molar-refractivity contribution in [3.05, 3.63) is 57.8 Å². The van der Waals surface area contributed by atoms with Crippen molar-refractivity contribution in [2.75, 3.05) is 0 Å². The third-order valence-electron chi connectivity index (χ3n) is 2.50.